The van der Waals surface area contributed by atoms with Gasteiger partial charge in [-0.1, -0.05) is 0 Å². The fourth-order valence-corrected chi connectivity index (χ4v) is 1.90. The Hall–Kier alpha value is -1.96. The molecule has 1 saturated heterocycles. The monoisotopic (exact) mass is 304 g/mol. The zero-order valence-electron chi connectivity index (χ0n) is 11.1. The van der Waals surface area contributed by atoms with Crippen LogP contribution in [0.25, 0.3) is 0 Å². The summed E-state index contributed by atoms with van der Waals surface area (Å²) in [7, 11) is 0. The summed E-state index contributed by atoms with van der Waals surface area (Å²) in [5, 5.41) is 2.76. The molecular weight excluding hydrogens is 289 g/mol. The Bertz CT molecular complexity index is 514. The number of ether oxygens (including phenoxy) is 2. The van der Waals surface area contributed by atoms with Gasteiger partial charge in [0.2, 0.25) is 0 Å². The number of halogens is 3. The van der Waals surface area contributed by atoms with Crippen LogP contribution in [0, 0.1) is 0 Å². The van der Waals surface area contributed by atoms with Gasteiger partial charge in [0.05, 0.1) is 18.3 Å². The second-order valence-electron chi connectivity index (χ2n) is 4.69. The molecule has 0 saturated carbocycles. The molecule has 1 atom stereocenters. The zero-order valence-corrected chi connectivity index (χ0v) is 11.1. The van der Waals surface area contributed by atoms with Crippen molar-refractivity contribution in [2.24, 2.45) is 0 Å². The number of amides is 1. The molecule has 1 aliphatic heterocycles. The first kappa shape index (κ1) is 15.4. The average molecular weight is 304 g/mol. The normalized spacial score (nSPS) is 18.5. The summed E-state index contributed by atoms with van der Waals surface area (Å²) >= 11 is 0. The standard InChI is InChI=1S/C13H15F3N2O3/c14-13(15,16)7-21-11-2-1-8(5-10(11)17)12(19)18-9-3-4-20-6-9/h1-2,5,9H,3-4,6-7,17H2,(H,18,19). The van der Waals surface area contributed by atoms with Crippen molar-refractivity contribution in [1.29, 1.82) is 0 Å². The Kier molecular flexibility index (Phi) is 4.56. The smallest absolute Gasteiger partial charge is 0.422 e. The van der Waals surface area contributed by atoms with E-state index >= 15 is 0 Å². The molecule has 0 spiro atoms. The number of carbonyl (C=O) groups is 1. The van der Waals surface area contributed by atoms with Gasteiger partial charge in [-0.25, -0.2) is 0 Å². The highest BCUT2D eigenvalue weighted by atomic mass is 19.4. The molecule has 1 heterocycles. The number of hydrogen-bond donors (Lipinski definition) is 2. The number of hydrogen-bond acceptors (Lipinski definition) is 4. The van der Waals surface area contributed by atoms with E-state index in [-0.39, 0.29) is 28.9 Å². The van der Waals surface area contributed by atoms with Crippen LogP contribution >= 0.6 is 0 Å². The van der Waals surface area contributed by atoms with Gasteiger partial charge in [0.15, 0.2) is 6.61 Å². The van der Waals surface area contributed by atoms with Crippen molar-refractivity contribution in [3.63, 3.8) is 0 Å². The minimum Gasteiger partial charge on any atom is -0.482 e. The third kappa shape index (κ3) is 4.52. The Morgan fingerprint density at radius 3 is 2.81 bits per heavy atom. The molecule has 1 fully saturated rings. The van der Waals surface area contributed by atoms with E-state index in [9.17, 15) is 18.0 Å². The molecule has 1 unspecified atom stereocenters. The zero-order chi connectivity index (χ0) is 15.5. The van der Waals surface area contributed by atoms with E-state index in [1.54, 1.807) is 0 Å². The van der Waals surface area contributed by atoms with Crippen LogP contribution in [0.5, 0.6) is 5.75 Å². The molecule has 8 heteroatoms. The molecule has 0 bridgehead atoms. The molecule has 0 aliphatic carbocycles. The topological polar surface area (TPSA) is 73.6 Å². The van der Waals surface area contributed by atoms with Crippen LogP contribution in [0.4, 0.5) is 18.9 Å². The van der Waals surface area contributed by atoms with E-state index < -0.39 is 12.8 Å². The number of nitrogens with one attached hydrogen (secondary N) is 1. The third-order valence-corrected chi connectivity index (χ3v) is 2.93. The second kappa shape index (κ2) is 6.21. The highest BCUT2D eigenvalue weighted by Crippen LogP contribution is 2.25. The lowest BCUT2D eigenvalue weighted by Crippen LogP contribution is -2.35. The van der Waals surface area contributed by atoms with Crippen LogP contribution in [-0.2, 0) is 4.74 Å². The molecular formula is C13H15F3N2O3. The number of carbonyl (C=O) groups excluding carboxylic acids is 1. The van der Waals surface area contributed by atoms with Gasteiger partial charge < -0.3 is 20.5 Å². The Morgan fingerprint density at radius 1 is 1.48 bits per heavy atom. The Morgan fingerprint density at radius 2 is 2.24 bits per heavy atom. The third-order valence-electron chi connectivity index (χ3n) is 2.93. The van der Waals surface area contributed by atoms with E-state index in [4.69, 9.17) is 10.5 Å². The summed E-state index contributed by atoms with van der Waals surface area (Å²) in [6, 6.07) is 3.85. The predicted octanol–water partition coefficient (Wildman–Crippen LogP) is 1.73. The van der Waals surface area contributed by atoms with Gasteiger partial charge in [-0.05, 0) is 24.6 Å². The summed E-state index contributed by atoms with van der Waals surface area (Å²) in [4.78, 5) is 11.9. The Balaban J connectivity index is 1.99. The number of rotatable bonds is 4. The highest BCUT2D eigenvalue weighted by molar-refractivity contribution is 5.95. The van der Waals surface area contributed by atoms with E-state index in [1.807, 2.05) is 0 Å². The fraction of sp³-hybridized carbons (Fsp3) is 0.462. The summed E-state index contributed by atoms with van der Waals surface area (Å²) < 4.78 is 45.9. The van der Waals surface area contributed by atoms with Crippen LogP contribution < -0.4 is 15.8 Å². The predicted molar refractivity (Wildman–Crippen MR) is 69.1 cm³/mol. The van der Waals surface area contributed by atoms with Gasteiger partial charge >= 0.3 is 6.18 Å². The quantitative estimate of drug-likeness (QED) is 0.831. The number of anilines is 1. The number of benzene rings is 1. The van der Waals surface area contributed by atoms with E-state index in [1.165, 1.54) is 18.2 Å². The minimum absolute atomic E-state index is 0.0189. The van der Waals surface area contributed by atoms with Gasteiger partial charge in [-0.3, -0.25) is 4.79 Å². The van der Waals surface area contributed by atoms with Crippen molar-refractivity contribution in [2.45, 2.75) is 18.6 Å². The number of alkyl halides is 3. The van der Waals surface area contributed by atoms with Crippen LogP contribution in [0.15, 0.2) is 18.2 Å². The Labute approximate surface area is 119 Å². The van der Waals surface area contributed by atoms with Crippen molar-refractivity contribution < 1.29 is 27.4 Å². The van der Waals surface area contributed by atoms with Gasteiger partial charge in [0.1, 0.15) is 5.75 Å². The maximum absolute atomic E-state index is 12.1. The van der Waals surface area contributed by atoms with Crippen molar-refractivity contribution in [1.82, 2.24) is 5.32 Å². The first-order valence-corrected chi connectivity index (χ1v) is 6.33. The lowest BCUT2D eigenvalue weighted by molar-refractivity contribution is -0.153. The molecule has 0 aromatic heterocycles. The van der Waals surface area contributed by atoms with Crippen molar-refractivity contribution in [3.05, 3.63) is 23.8 Å². The first-order chi connectivity index (χ1) is 9.85. The summed E-state index contributed by atoms with van der Waals surface area (Å²) in [5.74, 6) is -0.451. The molecule has 5 nitrogen and oxygen atoms in total. The molecule has 3 N–H and O–H groups in total. The van der Waals surface area contributed by atoms with Gasteiger partial charge in [0, 0.05) is 12.2 Å². The molecule has 0 radical (unpaired) electrons. The van der Waals surface area contributed by atoms with E-state index in [0.717, 1.165) is 6.42 Å². The van der Waals surface area contributed by atoms with Crippen LogP contribution in [0.1, 0.15) is 16.8 Å². The molecule has 1 aromatic carbocycles. The average Bonchev–Trinajstić information content (AvgIpc) is 2.89. The number of nitrogens with two attached hydrogens (primary N) is 1. The number of nitrogen functional groups attached to an aromatic ring is 1. The largest absolute Gasteiger partial charge is 0.482 e. The van der Waals surface area contributed by atoms with Gasteiger partial charge in [-0.15, -0.1) is 0 Å². The van der Waals surface area contributed by atoms with Crippen LogP contribution in [0.3, 0.4) is 0 Å². The lowest BCUT2D eigenvalue weighted by atomic mass is 10.1. The minimum atomic E-state index is -4.44. The molecule has 21 heavy (non-hydrogen) atoms. The molecule has 1 aromatic rings. The first-order valence-electron chi connectivity index (χ1n) is 6.33. The van der Waals surface area contributed by atoms with Gasteiger partial charge in [0.25, 0.3) is 5.91 Å². The van der Waals surface area contributed by atoms with Gasteiger partial charge in [-0.2, -0.15) is 13.2 Å². The highest BCUT2D eigenvalue weighted by Gasteiger charge is 2.28. The summed E-state index contributed by atoms with van der Waals surface area (Å²) in [6.07, 6.45) is -3.71. The van der Waals surface area contributed by atoms with Crippen molar-refractivity contribution in [3.8, 4) is 5.75 Å². The summed E-state index contributed by atoms with van der Waals surface area (Å²) in [6.45, 7) is -0.381. The van der Waals surface area contributed by atoms with Crippen LogP contribution in [0.2, 0.25) is 0 Å². The van der Waals surface area contributed by atoms with Crippen molar-refractivity contribution >= 4 is 11.6 Å². The van der Waals surface area contributed by atoms with Crippen LogP contribution in [-0.4, -0.2) is 37.9 Å². The molecule has 1 amide bonds. The molecule has 116 valence electrons. The van der Waals surface area contributed by atoms with E-state index in [2.05, 4.69) is 10.1 Å². The fourth-order valence-electron chi connectivity index (χ4n) is 1.90. The lowest BCUT2D eigenvalue weighted by Gasteiger charge is -2.13. The maximum atomic E-state index is 12.1. The maximum Gasteiger partial charge on any atom is 0.422 e. The molecule has 2 rings (SSSR count). The SMILES string of the molecule is Nc1cc(C(=O)NC2CCOC2)ccc1OCC(F)(F)F. The summed E-state index contributed by atoms with van der Waals surface area (Å²) in [5.41, 5.74) is 5.84. The molecule has 1 aliphatic rings. The second-order valence-corrected chi connectivity index (χ2v) is 4.69. The van der Waals surface area contributed by atoms with E-state index in [0.29, 0.717) is 13.2 Å². The van der Waals surface area contributed by atoms with Crippen molar-refractivity contribution in [2.75, 3.05) is 25.6 Å².